The van der Waals surface area contributed by atoms with Crippen LogP contribution in [0, 0.1) is 6.92 Å². The van der Waals surface area contributed by atoms with E-state index in [1.54, 1.807) is 0 Å². The van der Waals surface area contributed by atoms with Crippen molar-refractivity contribution >= 4 is 26.7 Å². The van der Waals surface area contributed by atoms with Gasteiger partial charge < -0.3 is 5.73 Å². The number of hydrogen-bond donors (Lipinski definition) is 1. The van der Waals surface area contributed by atoms with Gasteiger partial charge in [0.2, 0.25) is 0 Å². The third kappa shape index (κ3) is 4.00. The zero-order chi connectivity index (χ0) is 13.8. The van der Waals surface area contributed by atoms with E-state index in [-0.39, 0.29) is 6.04 Å². The van der Waals surface area contributed by atoms with Gasteiger partial charge in [-0.1, -0.05) is 51.8 Å². The van der Waals surface area contributed by atoms with Gasteiger partial charge in [-0.05, 0) is 30.7 Å². The van der Waals surface area contributed by atoms with Crippen molar-refractivity contribution < 1.29 is 4.21 Å². The summed E-state index contributed by atoms with van der Waals surface area (Å²) in [7, 11) is -1.08. The Balaban J connectivity index is 2.08. The molecule has 0 radical (unpaired) electrons. The van der Waals surface area contributed by atoms with Crippen LogP contribution in [0.3, 0.4) is 0 Å². The quantitative estimate of drug-likeness (QED) is 0.926. The summed E-state index contributed by atoms with van der Waals surface area (Å²) >= 11 is 3.38. The molecule has 2 N–H and O–H groups in total. The van der Waals surface area contributed by atoms with Crippen LogP contribution < -0.4 is 5.73 Å². The summed E-state index contributed by atoms with van der Waals surface area (Å²) in [6, 6.07) is 15.4. The third-order valence-electron chi connectivity index (χ3n) is 2.90. The molecule has 2 aromatic rings. The van der Waals surface area contributed by atoms with E-state index in [0.717, 1.165) is 14.9 Å². The summed E-state index contributed by atoms with van der Waals surface area (Å²) in [6.45, 7) is 2.04. The maximum absolute atomic E-state index is 12.3. The minimum absolute atomic E-state index is 0.208. The highest BCUT2D eigenvalue weighted by Gasteiger charge is 2.12. The normalized spacial score (nSPS) is 14.1. The molecule has 0 aliphatic rings. The van der Waals surface area contributed by atoms with E-state index in [2.05, 4.69) is 15.9 Å². The molecule has 0 bridgehead atoms. The summed E-state index contributed by atoms with van der Waals surface area (Å²) in [5, 5.41) is 0. The molecular weight excluding hydrogens is 322 g/mol. The number of nitrogens with two attached hydrogens (primary N) is 1. The number of hydrogen-bond acceptors (Lipinski definition) is 2. The van der Waals surface area contributed by atoms with E-state index in [9.17, 15) is 4.21 Å². The molecule has 2 atom stereocenters. The molecule has 19 heavy (non-hydrogen) atoms. The van der Waals surface area contributed by atoms with Crippen molar-refractivity contribution in [3.05, 3.63) is 64.1 Å². The lowest BCUT2D eigenvalue weighted by molar-refractivity contribution is 0.675. The van der Waals surface area contributed by atoms with Gasteiger partial charge >= 0.3 is 0 Å². The van der Waals surface area contributed by atoms with E-state index >= 15 is 0 Å². The first-order valence-corrected chi connectivity index (χ1v) is 8.13. The molecule has 0 amide bonds. The molecule has 2 aromatic carbocycles. The van der Waals surface area contributed by atoms with Gasteiger partial charge in [0.15, 0.2) is 0 Å². The zero-order valence-electron chi connectivity index (χ0n) is 10.7. The minimum atomic E-state index is -1.08. The van der Waals surface area contributed by atoms with E-state index in [1.165, 1.54) is 5.56 Å². The number of aryl methyl sites for hydroxylation is 1. The Morgan fingerprint density at radius 1 is 1.21 bits per heavy atom. The average Bonchev–Trinajstić information content (AvgIpc) is 2.39. The van der Waals surface area contributed by atoms with Gasteiger partial charge in [0.25, 0.3) is 0 Å². The fourth-order valence-electron chi connectivity index (χ4n) is 1.78. The molecule has 0 fully saturated rings. The lowest BCUT2D eigenvalue weighted by atomic mass is 10.1. The largest absolute Gasteiger partial charge is 0.323 e. The fraction of sp³-hybridized carbons (Fsp3) is 0.200. The fourth-order valence-corrected chi connectivity index (χ4v) is 3.53. The van der Waals surface area contributed by atoms with Crippen molar-refractivity contribution in [3.63, 3.8) is 0 Å². The molecule has 4 heteroatoms. The maximum atomic E-state index is 12.3. The zero-order valence-corrected chi connectivity index (χ0v) is 13.1. The molecule has 2 rings (SSSR count). The monoisotopic (exact) mass is 337 g/mol. The predicted molar refractivity (Wildman–Crippen MR) is 83.5 cm³/mol. The Morgan fingerprint density at radius 3 is 2.53 bits per heavy atom. The van der Waals surface area contributed by atoms with Crippen LogP contribution in [-0.4, -0.2) is 9.96 Å². The van der Waals surface area contributed by atoms with E-state index in [0.29, 0.717) is 5.75 Å². The summed E-state index contributed by atoms with van der Waals surface area (Å²) in [6.07, 6.45) is 0. The van der Waals surface area contributed by atoms with Crippen LogP contribution in [0.1, 0.15) is 17.2 Å². The topological polar surface area (TPSA) is 43.1 Å². The highest BCUT2D eigenvalue weighted by atomic mass is 79.9. The molecule has 0 saturated carbocycles. The van der Waals surface area contributed by atoms with Gasteiger partial charge in [-0.3, -0.25) is 4.21 Å². The molecule has 0 aliphatic carbocycles. The lowest BCUT2D eigenvalue weighted by Gasteiger charge is -2.12. The van der Waals surface area contributed by atoms with Crippen molar-refractivity contribution in [1.82, 2.24) is 0 Å². The van der Waals surface area contributed by atoms with Crippen molar-refractivity contribution in [3.8, 4) is 0 Å². The van der Waals surface area contributed by atoms with E-state index < -0.39 is 10.8 Å². The second-order valence-electron chi connectivity index (χ2n) is 4.49. The second-order valence-corrected chi connectivity index (χ2v) is 6.90. The predicted octanol–water partition coefficient (Wildman–Crippen LogP) is 3.57. The van der Waals surface area contributed by atoms with Crippen LogP contribution in [-0.2, 0) is 10.8 Å². The molecule has 0 heterocycles. The maximum Gasteiger partial charge on any atom is 0.0549 e. The molecule has 0 aromatic heterocycles. The van der Waals surface area contributed by atoms with Gasteiger partial charge in [0, 0.05) is 21.2 Å². The molecule has 0 spiro atoms. The third-order valence-corrected chi connectivity index (χ3v) is 4.83. The highest BCUT2D eigenvalue weighted by molar-refractivity contribution is 9.10. The Bertz CT molecular complexity index is 583. The Hall–Kier alpha value is -0.970. The summed E-state index contributed by atoms with van der Waals surface area (Å²) in [5.41, 5.74) is 8.34. The van der Waals surface area contributed by atoms with Crippen molar-refractivity contribution in [2.24, 2.45) is 5.73 Å². The standard InChI is InChI=1S/C15H16BrNOS/c1-11-5-7-12(8-6-11)15(17)10-19(18)14-4-2-3-13(16)9-14/h2-9,15H,10,17H2,1H3. The van der Waals surface area contributed by atoms with Crippen LogP contribution in [0.4, 0.5) is 0 Å². The SMILES string of the molecule is Cc1ccc(C(N)CS(=O)c2cccc(Br)c2)cc1. The van der Waals surface area contributed by atoms with Gasteiger partial charge in [-0.15, -0.1) is 0 Å². The molecule has 0 aliphatic heterocycles. The molecule has 2 unspecified atom stereocenters. The summed E-state index contributed by atoms with van der Waals surface area (Å²) < 4.78 is 13.2. The van der Waals surface area contributed by atoms with Crippen LogP contribution in [0.25, 0.3) is 0 Å². The Kier molecular flexibility index (Phi) is 4.91. The summed E-state index contributed by atoms with van der Waals surface area (Å²) in [5.74, 6) is 0.430. The Morgan fingerprint density at radius 2 is 1.89 bits per heavy atom. The highest BCUT2D eigenvalue weighted by Crippen LogP contribution is 2.19. The van der Waals surface area contributed by atoms with Gasteiger partial charge in [-0.2, -0.15) is 0 Å². The van der Waals surface area contributed by atoms with E-state index in [1.807, 2.05) is 55.5 Å². The first kappa shape index (κ1) is 14.4. The number of benzene rings is 2. The van der Waals surface area contributed by atoms with Gasteiger partial charge in [0.05, 0.1) is 10.8 Å². The minimum Gasteiger partial charge on any atom is -0.323 e. The number of halogens is 1. The van der Waals surface area contributed by atoms with Crippen LogP contribution in [0.15, 0.2) is 57.9 Å². The molecule has 0 saturated heterocycles. The van der Waals surface area contributed by atoms with Crippen LogP contribution in [0.5, 0.6) is 0 Å². The van der Waals surface area contributed by atoms with E-state index in [4.69, 9.17) is 5.73 Å². The van der Waals surface area contributed by atoms with Crippen molar-refractivity contribution in [1.29, 1.82) is 0 Å². The first-order chi connectivity index (χ1) is 9.06. The molecule has 2 nitrogen and oxygen atoms in total. The smallest absolute Gasteiger partial charge is 0.0549 e. The van der Waals surface area contributed by atoms with Gasteiger partial charge in [0.1, 0.15) is 0 Å². The van der Waals surface area contributed by atoms with Gasteiger partial charge in [-0.25, -0.2) is 0 Å². The second kappa shape index (κ2) is 6.46. The Labute approximate surface area is 124 Å². The van der Waals surface area contributed by atoms with Crippen LogP contribution in [0.2, 0.25) is 0 Å². The lowest BCUT2D eigenvalue weighted by Crippen LogP contribution is -2.18. The molecule has 100 valence electrons. The first-order valence-electron chi connectivity index (χ1n) is 6.02. The average molecular weight is 338 g/mol. The van der Waals surface area contributed by atoms with Crippen LogP contribution >= 0.6 is 15.9 Å². The number of rotatable bonds is 4. The summed E-state index contributed by atoms with van der Waals surface area (Å²) in [4.78, 5) is 0.803. The van der Waals surface area contributed by atoms with Crippen molar-refractivity contribution in [2.45, 2.75) is 17.9 Å². The van der Waals surface area contributed by atoms with Crippen molar-refractivity contribution in [2.75, 3.05) is 5.75 Å². The molecular formula is C15H16BrNOS.